The predicted octanol–water partition coefficient (Wildman–Crippen LogP) is 3.96. The van der Waals surface area contributed by atoms with Crippen LogP contribution in [0, 0.1) is 0 Å². The molecule has 0 aromatic heterocycles. The summed E-state index contributed by atoms with van der Waals surface area (Å²) < 4.78 is 5.44. The summed E-state index contributed by atoms with van der Waals surface area (Å²) in [5.74, 6) is -2.40. The third-order valence-electron chi connectivity index (χ3n) is 5.57. The molecule has 4 N–H and O–H groups in total. The summed E-state index contributed by atoms with van der Waals surface area (Å²) in [6.07, 6.45) is -0.739. The maximum Gasteiger partial charge on any atom is 0.407 e. The van der Waals surface area contributed by atoms with Gasteiger partial charge in [-0.2, -0.15) is 0 Å². The highest BCUT2D eigenvalue weighted by molar-refractivity contribution is 5.98. The zero-order valence-corrected chi connectivity index (χ0v) is 17.7. The van der Waals surface area contributed by atoms with Crippen LogP contribution in [0.2, 0.25) is 0 Å². The van der Waals surface area contributed by atoms with Crippen LogP contribution in [-0.2, 0) is 9.53 Å². The molecule has 168 valence electrons. The molecular formula is C25H22N2O6. The van der Waals surface area contributed by atoms with E-state index < -0.39 is 29.8 Å². The van der Waals surface area contributed by atoms with E-state index in [9.17, 15) is 19.5 Å². The van der Waals surface area contributed by atoms with Gasteiger partial charge in [-0.3, -0.25) is 4.79 Å². The predicted molar refractivity (Wildman–Crippen MR) is 121 cm³/mol. The molecule has 0 aliphatic heterocycles. The molecule has 0 heterocycles. The van der Waals surface area contributed by atoms with Gasteiger partial charge in [-0.05, 0) is 47.4 Å². The third kappa shape index (κ3) is 4.50. The summed E-state index contributed by atoms with van der Waals surface area (Å²) in [4.78, 5) is 35.9. The van der Waals surface area contributed by atoms with Crippen molar-refractivity contribution in [2.24, 2.45) is 0 Å². The molecule has 0 saturated heterocycles. The van der Waals surface area contributed by atoms with E-state index in [0.29, 0.717) is 0 Å². The normalized spacial score (nSPS) is 12.9. The lowest BCUT2D eigenvalue weighted by molar-refractivity contribution is -0.117. The van der Waals surface area contributed by atoms with E-state index in [-0.39, 0.29) is 23.8 Å². The quantitative estimate of drug-likeness (QED) is 0.425. The molecule has 0 bridgehead atoms. The summed E-state index contributed by atoms with van der Waals surface area (Å²) in [6, 6.07) is 18.7. The molecular weight excluding hydrogens is 424 g/mol. The highest BCUT2D eigenvalue weighted by Gasteiger charge is 2.29. The smallest absolute Gasteiger partial charge is 0.407 e. The fourth-order valence-electron chi connectivity index (χ4n) is 3.92. The van der Waals surface area contributed by atoms with Gasteiger partial charge in [0.25, 0.3) is 0 Å². The SMILES string of the molecule is C[C@@H](NC(=O)OCC1c2ccccc2-c2ccccc21)C(=O)Nc1ccc(O)c(C(=O)O)c1. The number of carboxylic acids is 1. The Labute approximate surface area is 189 Å². The van der Waals surface area contributed by atoms with Crippen LogP contribution in [-0.4, -0.2) is 40.8 Å². The van der Waals surface area contributed by atoms with Gasteiger partial charge in [0, 0.05) is 11.6 Å². The lowest BCUT2D eigenvalue weighted by Crippen LogP contribution is -2.42. The zero-order valence-electron chi connectivity index (χ0n) is 17.7. The van der Waals surface area contributed by atoms with Crippen molar-refractivity contribution in [1.82, 2.24) is 5.32 Å². The Morgan fingerprint density at radius 1 is 0.970 bits per heavy atom. The van der Waals surface area contributed by atoms with Gasteiger partial charge in [-0.25, -0.2) is 9.59 Å². The number of aromatic carboxylic acids is 1. The van der Waals surface area contributed by atoms with Crippen LogP contribution < -0.4 is 10.6 Å². The average molecular weight is 446 g/mol. The Morgan fingerprint density at radius 3 is 2.18 bits per heavy atom. The largest absolute Gasteiger partial charge is 0.507 e. The van der Waals surface area contributed by atoms with Gasteiger partial charge in [0.1, 0.15) is 24.0 Å². The third-order valence-corrected chi connectivity index (χ3v) is 5.57. The minimum Gasteiger partial charge on any atom is -0.507 e. The van der Waals surface area contributed by atoms with Crippen LogP contribution in [0.5, 0.6) is 5.75 Å². The Balaban J connectivity index is 1.36. The molecule has 0 saturated carbocycles. The van der Waals surface area contributed by atoms with E-state index in [1.54, 1.807) is 0 Å². The van der Waals surface area contributed by atoms with E-state index in [2.05, 4.69) is 10.6 Å². The van der Waals surface area contributed by atoms with Gasteiger partial charge >= 0.3 is 12.1 Å². The second-order valence-electron chi connectivity index (χ2n) is 7.72. The number of carboxylic acid groups (broad SMARTS) is 1. The number of carbonyl (C=O) groups excluding carboxylic acids is 2. The fourth-order valence-corrected chi connectivity index (χ4v) is 3.92. The monoisotopic (exact) mass is 446 g/mol. The first-order valence-corrected chi connectivity index (χ1v) is 10.3. The van der Waals surface area contributed by atoms with Gasteiger partial charge in [0.15, 0.2) is 0 Å². The maximum atomic E-state index is 12.4. The van der Waals surface area contributed by atoms with Crippen molar-refractivity contribution in [2.75, 3.05) is 11.9 Å². The zero-order chi connectivity index (χ0) is 23.5. The molecule has 3 aromatic rings. The van der Waals surface area contributed by atoms with Crippen LogP contribution in [0.3, 0.4) is 0 Å². The van der Waals surface area contributed by atoms with E-state index in [1.807, 2.05) is 48.5 Å². The lowest BCUT2D eigenvalue weighted by Gasteiger charge is -2.17. The number of aromatic hydroxyl groups is 1. The number of anilines is 1. The number of phenols is 1. The molecule has 1 atom stereocenters. The number of hydrogen-bond acceptors (Lipinski definition) is 5. The Morgan fingerprint density at radius 2 is 1.58 bits per heavy atom. The number of nitrogens with one attached hydrogen (secondary N) is 2. The minimum atomic E-state index is -1.33. The topological polar surface area (TPSA) is 125 Å². The average Bonchev–Trinajstić information content (AvgIpc) is 3.12. The minimum absolute atomic E-state index is 0.0984. The lowest BCUT2D eigenvalue weighted by atomic mass is 9.98. The summed E-state index contributed by atoms with van der Waals surface area (Å²) >= 11 is 0. The van der Waals surface area contributed by atoms with Crippen molar-refractivity contribution < 1.29 is 29.3 Å². The molecule has 0 unspecified atom stereocenters. The second kappa shape index (κ2) is 9.04. The highest BCUT2D eigenvalue weighted by atomic mass is 16.5. The molecule has 1 aliphatic rings. The molecule has 2 amide bonds. The number of amides is 2. The van der Waals surface area contributed by atoms with Gasteiger partial charge in [0.2, 0.25) is 5.91 Å². The number of ether oxygens (including phenoxy) is 1. The fraction of sp³-hybridized carbons (Fsp3) is 0.160. The van der Waals surface area contributed by atoms with Crippen LogP contribution in [0.15, 0.2) is 66.7 Å². The number of carbonyl (C=O) groups is 3. The molecule has 4 rings (SSSR count). The molecule has 3 aromatic carbocycles. The molecule has 0 fully saturated rings. The Hall–Kier alpha value is -4.33. The second-order valence-corrected chi connectivity index (χ2v) is 7.72. The summed E-state index contributed by atoms with van der Waals surface area (Å²) in [5.41, 5.74) is 4.23. The Kier molecular flexibility index (Phi) is 5.99. The molecule has 1 aliphatic carbocycles. The number of hydrogen-bond donors (Lipinski definition) is 4. The van der Waals surface area contributed by atoms with Gasteiger partial charge in [0.05, 0.1) is 0 Å². The van der Waals surface area contributed by atoms with Crippen LogP contribution >= 0.6 is 0 Å². The number of rotatable bonds is 6. The summed E-state index contributed by atoms with van der Waals surface area (Å²) in [6.45, 7) is 1.60. The van der Waals surface area contributed by atoms with E-state index in [0.717, 1.165) is 28.3 Å². The number of fused-ring (bicyclic) bond motifs is 3. The van der Waals surface area contributed by atoms with Gasteiger partial charge < -0.3 is 25.6 Å². The van der Waals surface area contributed by atoms with Crippen molar-refractivity contribution in [1.29, 1.82) is 0 Å². The first kappa shape index (κ1) is 21.9. The number of benzene rings is 3. The van der Waals surface area contributed by atoms with Crippen LogP contribution in [0.1, 0.15) is 34.3 Å². The van der Waals surface area contributed by atoms with E-state index in [4.69, 9.17) is 9.84 Å². The molecule has 0 radical (unpaired) electrons. The van der Waals surface area contributed by atoms with Crippen molar-refractivity contribution in [3.05, 3.63) is 83.4 Å². The molecule has 0 spiro atoms. The van der Waals surface area contributed by atoms with Crippen molar-refractivity contribution in [3.8, 4) is 16.9 Å². The number of alkyl carbamates (subject to hydrolysis) is 1. The molecule has 8 nitrogen and oxygen atoms in total. The van der Waals surface area contributed by atoms with E-state index in [1.165, 1.54) is 19.1 Å². The maximum absolute atomic E-state index is 12.4. The first-order valence-electron chi connectivity index (χ1n) is 10.3. The van der Waals surface area contributed by atoms with E-state index >= 15 is 0 Å². The van der Waals surface area contributed by atoms with Crippen LogP contribution in [0.4, 0.5) is 10.5 Å². The van der Waals surface area contributed by atoms with Crippen molar-refractivity contribution in [3.63, 3.8) is 0 Å². The highest BCUT2D eigenvalue weighted by Crippen LogP contribution is 2.44. The van der Waals surface area contributed by atoms with Crippen molar-refractivity contribution in [2.45, 2.75) is 18.9 Å². The summed E-state index contributed by atoms with van der Waals surface area (Å²) in [5, 5.41) is 23.6. The van der Waals surface area contributed by atoms with Gasteiger partial charge in [-0.1, -0.05) is 48.5 Å². The van der Waals surface area contributed by atoms with Gasteiger partial charge in [-0.15, -0.1) is 0 Å². The molecule has 33 heavy (non-hydrogen) atoms. The Bertz CT molecular complexity index is 1190. The van der Waals surface area contributed by atoms with Crippen LogP contribution in [0.25, 0.3) is 11.1 Å². The first-order chi connectivity index (χ1) is 15.8. The summed E-state index contributed by atoms with van der Waals surface area (Å²) in [7, 11) is 0. The van der Waals surface area contributed by atoms with Crippen molar-refractivity contribution >= 4 is 23.7 Å². The molecule has 8 heteroatoms. The standard InChI is InChI=1S/C25H22N2O6/c1-14(23(29)27-15-10-11-22(28)20(12-15)24(30)31)26-25(32)33-13-21-18-8-4-2-6-16(18)17-7-3-5-9-19(17)21/h2-12,14,21,28H,13H2,1H3,(H,26,32)(H,27,29)(H,30,31)/t14-/m1/s1.